The van der Waals surface area contributed by atoms with Crippen molar-refractivity contribution < 1.29 is 28.2 Å². The van der Waals surface area contributed by atoms with Gasteiger partial charge in [-0.3, -0.25) is 14.4 Å². The van der Waals surface area contributed by atoms with Crippen molar-refractivity contribution in [2.24, 2.45) is 0 Å². The summed E-state index contributed by atoms with van der Waals surface area (Å²) in [6, 6.07) is 25.1. The van der Waals surface area contributed by atoms with Gasteiger partial charge in [-0.1, -0.05) is 12.1 Å². The van der Waals surface area contributed by atoms with Gasteiger partial charge in [0.05, 0.1) is 12.8 Å². The summed E-state index contributed by atoms with van der Waals surface area (Å²) in [5, 5.41) is 5.49. The lowest BCUT2D eigenvalue weighted by Gasteiger charge is -2.11. The lowest BCUT2D eigenvalue weighted by molar-refractivity contribution is -0.118. The number of ether oxygens (including phenoxy) is 2. The molecule has 4 rings (SSSR count). The molecular weight excluding hydrogens is 475 g/mol. The van der Waals surface area contributed by atoms with Crippen LogP contribution < -0.4 is 20.1 Å². The number of ketones is 1. The van der Waals surface area contributed by atoms with Crippen molar-refractivity contribution >= 4 is 29.0 Å². The Kier molecular flexibility index (Phi) is 7.90. The van der Waals surface area contributed by atoms with Crippen LogP contribution >= 0.6 is 0 Å². The van der Waals surface area contributed by atoms with E-state index in [0.717, 1.165) is 0 Å². The van der Waals surface area contributed by atoms with Gasteiger partial charge in [0.15, 0.2) is 12.4 Å². The van der Waals surface area contributed by atoms with Crippen LogP contribution in [0.25, 0.3) is 0 Å². The molecule has 4 aromatic rings. The number of carbonyl (C=O) groups excluding carboxylic acids is 3. The van der Waals surface area contributed by atoms with Crippen molar-refractivity contribution in [3.63, 3.8) is 0 Å². The summed E-state index contributed by atoms with van der Waals surface area (Å²) in [6.07, 6.45) is 0. The Morgan fingerprint density at radius 1 is 0.730 bits per heavy atom. The minimum absolute atomic E-state index is 0.246. The molecule has 0 radical (unpaired) electrons. The van der Waals surface area contributed by atoms with E-state index in [9.17, 15) is 18.8 Å². The number of para-hydroxylation sites is 2. The molecule has 0 aliphatic carbocycles. The van der Waals surface area contributed by atoms with E-state index in [4.69, 9.17) is 9.47 Å². The summed E-state index contributed by atoms with van der Waals surface area (Å²) in [6.45, 7) is -0.249. The van der Waals surface area contributed by atoms with Crippen molar-refractivity contribution in [2.75, 3.05) is 24.4 Å². The Balaban J connectivity index is 1.28. The highest BCUT2D eigenvalue weighted by atomic mass is 19.1. The lowest BCUT2D eigenvalue weighted by atomic mass is 10.0. The van der Waals surface area contributed by atoms with Crippen molar-refractivity contribution in [2.45, 2.75) is 0 Å². The number of hydrogen-bond donors (Lipinski definition) is 2. The zero-order valence-electron chi connectivity index (χ0n) is 19.9. The summed E-state index contributed by atoms with van der Waals surface area (Å²) in [5.74, 6) is -0.402. The van der Waals surface area contributed by atoms with Gasteiger partial charge in [0, 0.05) is 22.4 Å². The Labute approximate surface area is 212 Å². The van der Waals surface area contributed by atoms with Gasteiger partial charge in [-0.25, -0.2) is 4.39 Å². The molecule has 0 saturated carbocycles. The van der Waals surface area contributed by atoms with Crippen molar-refractivity contribution in [3.05, 3.63) is 120 Å². The van der Waals surface area contributed by atoms with Gasteiger partial charge in [-0.2, -0.15) is 0 Å². The normalized spacial score (nSPS) is 10.3. The number of anilines is 2. The maximum absolute atomic E-state index is 13.1. The number of carbonyl (C=O) groups is 3. The predicted molar refractivity (Wildman–Crippen MR) is 138 cm³/mol. The van der Waals surface area contributed by atoms with E-state index in [-0.39, 0.29) is 18.3 Å². The van der Waals surface area contributed by atoms with E-state index in [1.165, 1.54) is 31.4 Å². The van der Waals surface area contributed by atoms with Gasteiger partial charge in [0.2, 0.25) is 0 Å². The minimum atomic E-state index is -0.413. The molecule has 8 heteroatoms. The van der Waals surface area contributed by atoms with Crippen LogP contribution in [0.15, 0.2) is 97.1 Å². The smallest absolute Gasteiger partial charge is 0.262 e. The highest BCUT2D eigenvalue weighted by Crippen LogP contribution is 2.24. The van der Waals surface area contributed by atoms with Gasteiger partial charge >= 0.3 is 0 Å². The Hall–Kier alpha value is -4.98. The van der Waals surface area contributed by atoms with Gasteiger partial charge in [0.1, 0.15) is 17.3 Å². The molecule has 0 heterocycles. The molecular formula is C29H23FN2O5. The highest BCUT2D eigenvalue weighted by Gasteiger charge is 2.12. The quantitative estimate of drug-likeness (QED) is 0.304. The fourth-order valence-electron chi connectivity index (χ4n) is 3.46. The highest BCUT2D eigenvalue weighted by molar-refractivity contribution is 6.09. The Morgan fingerprint density at radius 2 is 1.32 bits per heavy atom. The predicted octanol–water partition coefficient (Wildman–Crippen LogP) is 5.34. The van der Waals surface area contributed by atoms with Crippen LogP contribution in [0.5, 0.6) is 11.5 Å². The maximum Gasteiger partial charge on any atom is 0.262 e. The van der Waals surface area contributed by atoms with Crippen LogP contribution in [-0.2, 0) is 4.79 Å². The van der Waals surface area contributed by atoms with Gasteiger partial charge < -0.3 is 20.1 Å². The molecule has 2 amide bonds. The maximum atomic E-state index is 13.1. The third-order valence-corrected chi connectivity index (χ3v) is 5.38. The zero-order chi connectivity index (χ0) is 26.2. The van der Waals surface area contributed by atoms with Crippen LogP contribution in [0.4, 0.5) is 15.8 Å². The van der Waals surface area contributed by atoms with Gasteiger partial charge in [0.25, 0.3) is 11.8 Å². The summed E-state index contributed by atoms with van der Waals surface area (Å²) < 4.78 is 23.8. The molecule has 0 aliphatic heterocycles. The number of nitrogens with one attached hydrogen (secondary N) is 2. The number of hydrogen-bond acceptors (Lipinski definition) is 5. The van der Waals surface area contributed by atoms with E-state index < -0.39 is 11.7 Å². The van der Waals surface area contributed by atoms with Crippen LogP contribution in [0.3, 0.4) is 0 Å². The Morgan fingerprint density at radius 3 is 1.97 bits per heavy atom. The molecule has 0 saturated heterocycles. The second-order valence-corrected chi connectivity index (χ2v) is 7.93. The standard InChI is InChI=1S/C29H23FN2O5/c1-36-26-5-3-2-4-25(26)32-29(35)21-8-14-23(15-9-21)31-27(33)18-37-24-16-10-20(11-17-24)28(34)19-6-12-22(30)13-7-19/h2-17H,18H2,1H3,(H,31,33)(H,32,35). The molecule has 0 aromatic heterocycles. The SMILES string of the molecule is COc1ccccc1NC(=O)c1ccc(NC(=O)COc2ccc(C(=O)c3ccc(F)cc3)cc2)cc1. The number of benzene rings is 4. The molecule has 0 aliphatic rings. The minimum Gasteiger partial charge on any atom is -0.495 e. The van der Waals surface area contributed by atoms with E-state index in [2.05, 4.69) is 10.6 Å². The van der Waals surface area contributed by atoms with E-state index >= 15 is 0 Å². The topological polar surface area (TPSA) is 93.7 Å². The summed E-state index contributed by atoms with van der Waals surface area (Å²) >= 11 is 0. The largest absolute Gasteiger partial charge is 0.495 e. The second-order valence-electron chi connectivity index (χ2n) is 7.93. The first-order chi connectivity index (χ1) is 17.9. The molecule has 4 aromatic carbocycles. The zero-order valence-corrected chi connectivity index (χ0v) is 19.9. The molecule has 0 unspecified atom stereocenters. The van der Waals surface area contributed by atoms with Crippen molar-refractivity contribution in [1.82, 2.24) is 0 Å². The van der Waals surface area contributed by atoms with E-state index in [1.807, 2.05) is 6.07 Å². The molecule has 7 nitrogen and oxygen atoms in total. The van der Waals surface area contributed by atoms with Crippen LogP contribution in [-0.4, -0.2) is 31.3 Å². The van der Waals surface area contributed by atoms with Gasteiger partial charge in [-0.15, -0.1) is 0 Å². The molecule has 0 fully saturated rings. The molecule has 0 atom stereocenters. The average Bonchev–Trinajstić information content (AvgIpc) is 2.93. The third-order valence-electron chi connectivity index (χ3n) is 5.38. The second kappa shape index (κ2) is 11.6. The molecule has 0 bridgehead atoms. The summed E-state index contributed by atoms with van der Waals surface area (Å²) in [4.78, 5) is 37.3. The summed E-state index contributed by atoms with van der Waals surface area (Å²) in [7, 11) is 1.53. The monoisotopic (exact) mass is 498 g/mol. The van der Waals surface area contributed by atoms with Crippen LogP contribution in [0, 0.1) is 5.82 Å². The fraction of sp³-hybridized carbons (Fsp3) is 0.0690. The van der Waals surface area contributed by atoms with Crippen molar-refractivity contribution in [1.29, 1.82) is 0 Å². The lowest BCUT2D eigenvalue weighted by Crippen LogP contribution is -2.20. The third kappa shape index (κ3) is 6.58. The van der Waals surface area contributed by atoms with Crippen LogP contribution in [0.1, 0.15) is 26.3 Å². The number of rotatable bonds is 9. The first kappa shape index (κ1) is 25.1. The molecule has 186 valence electrons. The number of amides is 2. The molecule has 0 spiro atoms. The Bertz CT molecular complexity index is 1400. The number of methoxy groups -OCH3 is 1. The first-order valence-corrected chi connectivity index (χ1v) is 11.3. The summed E-state index contributed by atoms with van der Waals surface area (Å²) in [5.41, 5.74) is 2.26. The molecule has 37 heavy (non-hydrogen) atoms. The fourth-order valence-corrected chi connectivity index (χ4v) is 3.46. The van der Waals surface area contributed by atoms with Crippen LogP contribution in [0.2, 0.25) is 0 Å². The van der Waals surface area contributed by atoms with E-state index in [1.54, 1.807) is 66.7 Å². The molecule has 2 N–H and O–H groups in total. The average molecular weight is 499 g/mol. The first-order valence-electron chi connectivity index (χ1n) is 11.3. The van der Waals surface area contributed by atoms with E-state index in [0.29, 0.717) is 39.6 Å². The number of halogens is 1. The van der Waals surface area contributed by atoms with Gasteiger partial charge in [-0.05, 0) is 84.9 Å². The van der Waals surface area contributed by atoms with Crippen molar-refractivity contribution in [3.8, 4) is 11.5 Å².